The van der Waals surface area contributed by atoms with Gasteiger partial charge in [-0.05, 0) is 23.8 Å². The van der Waals surface area contributed by atoms with E-state index in [1.165, 1.54) is 12.1 Å². The van der Waals surface area contributed by atoms with E-state index < -0.39 is 5.97 Å². The highest BCUT2D eigenvalue weighted by Gasteiger charge is 2.12. The number of esters is 1. The average Bonchev–Trinajstić information content (AvgIpc) is 2.56. The summed E-state index contributed by atoms with van der Waals surface area (Å²) in [7, 11) is 0. The van der Waals surface area contributed by atoms with Gasteiger partial charge in [-0.1, -0.05) is 30.3 Å². The van der Waals surface area contributed by atoms with Gasteiger partial charge in [0.25, 0.3) is 5.56 Å². The van der Waals surface area contributed by atoms with E-state index in [1.807, 2.05) is 0 Å². The molecule has 1 N–H and O–H groups in total. The molecule has 23 heavy (non-hydrogen) atoms. The number of fused-ring (bicyclic) bond motifs is 1. The molecule has 0 fully saturated rings. The van der Waals surface area contributed by atoms with Crippen molar-refractivity contribution in [3.05, 3.63) is 76.0 Å². The van der Waals surface area contributed by atoms with Crippen LogP contribution in [0, 0.1) is 5.82 Å². The van der Waals surface area contributed by atoms with Gasteiger partial charge < -0.3 is 4.74 Å². The largest absolute Gasteiger partial charge is 0.461 e. The third kappa shape index (κ3) is 3.42. The summed E-state index contributed by atoms with van der Waals surface area (Å²) in [5.41, 5.74) is 0.694. The summed E-state index contributed by atoms with van der Waals surface area (Å²) in [4.78, 5) is 23.6. The van der Waals surface area contributed by atoms with Crippen LogP contribution in [0.5, 0.6) is 0 Å². The van der Waals surface area contributed by atoms with Crippen LogP contribution in [0.15, 0.2) is 53.3 Å². The molecule has 0 aliphatic carbocycles. The van der Waals surface area contributed by atoms with E-state index in [4.69, 9.17) is 4.74 Å². The number of ether oxygens (including phenoxy) is 1. The van der Waals surface area contributed by atoms with Crippen LogP contribution in [-0.2, 0) is 22.6 Å². The number of rotatable bonds is 4. The highest BCUT2D eigenvalue weighted by Crippen LogP contribution is 2.13. The Hall–Kier alpha value is -3.02. The second-order valence-electron chi connectivity index (χ2n) is 5.01. The summed E-state index contributed by atoms with van der Waals surface area (Å²) >= 11 is 0. The highest BCUT2D eigenvalue weighted by atomic mass is 19.1. The third-order valence-electron chi connectivity index (χ3n) is 3.38. The molecule has 6 heteroatoms. The first kappa shape index (κ1) is 14.9. The van der Waals surface area contributed by atoms with Crippen molar-refractivity contribution < 1.29 is 13.9 Å². The summed E-state index contributed by atoms with van der Waals surface area (Å²) < 4.78 is 18.2. The minimum Gasteiger partial charge on any atom is -0.461 e. The van der Waals surface area contributed by atoms with E-state index in [9.17, 15) is 14.0 Å². The first-order chi connectivity index (χ1) is 11.1. The predicted molar refractivity (Wildman–Crippen MR) is 82.3 cm³/mol. The molecule has 3 aromatic rings. The Kier molecular flexibility index (Phi) is 4.14. The molecule has 0 aliphatic rings. The molecule has 1 heterocycles. The number of halogens is 1. The topological polar surface area (TPSA) is 72.0 Å². The smallest absolute Gasteiger partial charge is 0.312 e. The fraction of sp³-hybridized carbons (Fsp3) is 0.118. The predicted octanol–water partition coefficient (Wildman–Crippen LogP) is 2.35. The van der Waals surface area contributed by atoms with Gasteiger partial charge in [0, 0.05) is 5.39 Å². The first-order valence-electron chi connectivity index (χ1n) is 7.00. The van der Waals surface area contributed by atoms with E-state index in [2.05, 4.69) is 10.2 Å². The number of hydrogen-bond donors (Lipinski definition) is 1. The third-order valence-corrected chi connectivity index (χ3v) is 3.38. The number of hydrogen-bond acceptors (Lipinski definition) is 4. The lowest BCUT2D eigenvalue weighted by Crippen LogP contribution is -2.15. The van der Waals surface area contributed by atoms with Crippen molar-refractivity contribution >= 4 is 16.7 Å². The molecule has 0 atom stereocenters. The summed E-state index contributed by atoms with van der Waals surface area (Å²) in [5.74, 6) is -0.884. The van der Waals surface area contributed by atoms with Crippen LogP contribution < -0.4 is 5.56 Å². The Labute approximate surface area is 130 Å². The number of benzene rings is 2. The molecule has 0 amide bonds. The van der Waals surface area contributed by atoms with Crippen LogP contribution in [0.4, 0.5) is 4.39 Å². The summed E-state index contributed by atoms with van der Waals surface area (Å²) in [6, 6.07) is 12.8. The molecule has 0 unspecified atom stereocenters. The summed E-state index contributed by atoms with van der Waals surface area (Å²) in [6.45, 7) is -0.0160. The molecule has 0 aliphatic heterocycles. The van der Waals surface area contributed by atoms with Crippen molar-refractivity contribution in [2.45, 2.75) is 13.0 Å². The van der Waals surface area contributed by atoms with Crippen LogP contribution in [0.2, 0.25) is 0 Å². The number of nitrogens with zero attached hydrogens (tertiary/aromatic N) is 1. The molecule has 5 nitrogen and oxygen atoms in total. The zero-order chi connectivity index (χ0) is 16.2. The number of H-pyrrole nitrogens is 1. The Bertz CT molecular complexity index is 921. The van der Waals surface area contributed by atoms with E-state index in [0.717, 1.165) is 0 Å². The van der Waals surface area contributed by atoms with Crippen molar-refractivity contribution in [2.75, 3.05) is 0 Å². The fourth-order valence-electron chi connectivity index (χ4n) is 2.28. The maximum atomic E-state index is 13.1. The zero-order valence-electron chi connectivity index (χ0n) is 12.1. The SMILES string of the molecule is O=C(Cc1n[nH]c(=O)c2ccccc12)OCc1cccc(F)c1. The molecule has 1 aromatic heterocycles. The monoisotopic (exact) mass is 312 g/mol. The Morgan fingerprint density at radius 1 is 1.13 bits per heavy atom. The standard InChI is InChI=1S/C17H13FN2O3/c18-12-5-3-4-11(8-12)10-23-16(21)9-15-13-6-1-2-7-14(13)17(22)20-19-15/h1-8H,9-10H2,(H,20,22). The van der Waals surface area contributed by atoms with Crippen LogP contribution in [0.25, 0.3) is 10.8 Å². The number of nitrogens with one attached hydrogen (secondary N) is 1. The van der Waals surface area contributed by atoms with Crippen molar-refractivity contribution in [3.63, 3.8) is 0 Å². The molecule has 2 aromatic carbocycles. The van der Waals surface area contributed by atoms with Crippen molar-refractivity contribution in [2.24, 2.45) is 0 Å². The molecule has 0 spiro atoms. The quantitative estimate of drug-likeness (QED) is 0.751. The molecule has 0 saturated carbocycles. The van der Waals surface area contributed by atoms with Crippen LogP contribution in [-0.4, -0.2) is 16.2 Å². The van der Waals surface area contributed by atoms with E-state index in [0.29, 0.717) is 22.0 Å². The average molecular weight is 312 g/mol. The van der Waals surface area contributed by atoms with E-state index >= 15 is 0 Å². The molecular formula is C17H13FN2O3. The zero-order valence-corrected chi connectivity index (χ0v) is 12.1. The van der Waals surface area contributed by atoms with Crippen molar-refractivity contribution in [1.29, 1.82) is 0 Å². The van der Waals surface area contributed by atoms with Gasteiger partial charge in [-0.2, -0.15) is 5.10 Å². The second-order valence-corrected chi connectivity index (χ2v) is 5.01. The summed E-state index contributed by atoms with van der Waals surface area (Å²) in [5, 5.41) is 7.36. The van der Waals surface area contributed by atoms with Crippen LogP contribution in [0.1, 0.15) is 11.3 Å². The van der Waals surface area contributed by atoms with E-state index in [1.54, 1.807) is 36.4 Å². The lowest BCUT2D eigenvalue weighted by atomic mass is 10.1. The lowest BCUT2D eigenvalue weighted by molar-refractivity contribution is -0.144. The minimum absolute atomic E-state index is 0.0160. The fourth-order valence-corrected chi connectivity index (χ4v) is 2.28. The molecule has 0 radical (unpaired) electrons. The van der Waals surface area contributed by atoms with Gasteiger partial charge in [-0.3, -0.25) is 9.59 Å². The Morgan fingerprint density at radius 3 is 2.70 bits per heavy atom. The number of carbonyl (C=O) groups is 1. The normalized spacial score (nSPS) is 10.7. The maximum Gasteiger partial charge on any atom is 0.312 e. The number of aromatic nitrogens is 2. The number of carbonyl (C=O) groups excluding carboxylic acids is 1. The van der Waals surface area contributed by atoms with Gasteiger partial charge in [-0.15, -0.1) is 0 Å². The first-order valence-corrected chi connectivity index (χ1v) is 7.00. The van der Waals surface area contributed by atoms with Gasteiger partial charge in [0.2, 0.25) is 0 Å². The molecular weight excluding hydrogens is 299 g/mol. The van der Waals surface area contributed by atoms with Gasteiger partial charge >= 0.3 is 5.97 Å². The second kappa shape index (κ2) is 6.39. The maximum absolute atomic E-state index is 13.1. The molecule has 3 rings (SSSR count). The van der Waals surface area contributed by atoms with Crippen molar-refractivity contribution in [1.82, 2.24) is 10.2 Å². The number of aromatic amines is 1. The van der Waals surface area contributed by atoms with E-state index in [-0.39, 0.29) is 24.4 Å². The van der Waals surface area contributed by atoms with Crippen molar-refractivity contribution in [3.8, 4) is 0 Å². The highest BCUT2D eigenvalue weighted by molar-refractivity contribution is 5.86. The molecule has 116 valence electrons. The Morgan fingerprint density at radius 2 is 1.91 bits per heavy atom. The van der Waals surface area contributed by atoms with Crippen LogP contribution in [0.3, 0.4) is 0 Å². The van der Waals surface area contributed by atoms with Gasteiger partial charge in [0.1, 0.15) is 12.4 Å². The lowest BCUT2D eigenvalue weighted by Gasteiger charge is -2.06. The van der Waals surface area contributed by atoms with Gasteiger partial charge in [0.15, 0.2) is 0 Å². The minimum atomic E-state index is -0.501. The molecule has 0 bridgehead atoms. The summed E-state index contributed by atoms with van der Waals surface area (Å²) in [6.07, 6.45) is -0.0768. The van der Waals surface area contributed by atoms with Gasteiger partial charge in [0.05, 0.1) is 17.5 Å². The van der Waals surface area contributed by atoms with Crippen LogP contribution >= 0.6 is 0 Å². The molecule has 0 saturated heterocycles. The Balaban J connectivity index is 1.73. The van der Waals surface area contributed by atoms with Gasteiger partial charge in [-0.25, -0.2) is 9.49 Å².